The number of nitrogens with one attached hydrogen (secondary N) is 1. The lowest BCUT2D eigenvalue weighted by Gasteiger charge is -2.07. The Bertz CT molecular complexity index is 320. The molecule has 0 saturated heterocycles. The molecule has 0 spiro atoms. The monoisotopic (exact) mass is 321 g/mol. The van der Waals surface area contributed by atoms with Crippen LogP contribution in [-0.4, -0.2) is 18.6 Å². The summed E-state index contributed by atoms with van der Waals surface area (Å²) in [6.07, 6.45) is 4.65. The van der Waals surface area contributed by atoms with E-state index >= 15 is 0 Å². The molecule has 1 aromatic carbocycles. The Kier molecular flexibility index (Phi) is 7.54. The molecule has 0 heterocycles. The maximum Gasteiger partial charge on any atom is 0.0451 e. The fourth-order valence-corrected chi connectivity index (χ4v) is 2.48. The highest BCUT2D eigenvalue weighted by Crippen LogP contribution is 2.20. The zero-order chi connectivity index (χ0) is 11.8. The molecule has 1 aromatic rings. The predicted molar refractivity (Wildman–Crippen MR) is 78.5 cm³/mol. The zero-order valence-electron chi connectivity index (χ0n) is 9.43. The Morgan fingerprint density at radius 2 is 2.19 bits per heavy atom. The first kappa shape index (κ1) is 14.4. The Morgan fingerprint density at radius 3 is 2.94 bits per heavy atom. The summed E-state index contributed by atoms with van der Waals surface area (Å²) in [6, 6.07) is 5.96. The van der Waals surface area contributed by atoms with E-state index in [0.29, 0.717) is 0 Å². The molecule has 16 heavy (non-hydrogen) atoms. The third-order valence-electron chi connectivity index (χ3n) is 2.28. The molecular weight excluding hydrogens is 306 g/mol. The van der Waals surface area contributed by atoms with E-state index in [0.717, 1.165) is 28.1 Å². The Morgan fingerprint density at radius 1 is 1.38 bits per heavy atom. The van der Waals surface area contributed by atoms with Gasteiger partial charge in [0.1, 0.15) is 0 Å². The van der Waals surface area contributed by atoms with Crippen LogP contribution in [0.2, 0.25) is 5.02 Å². The maximum atomic E-state index is 6.09. The molecule has 0 radical (unpaired) electrons. The van der Waals surface area contributed by atoms with Crippen molar-refractivity contribution in [3.8, 4) is 0 Å². The fourth-order valence-electron chi connectivity index (χ4n) is 1.40. The number of unbranched alkanes of at least 4 members (excludes halogenated alkanes) is 1. The molecule has 0 aliphatic carbocycles. The van der Waals surface area contributed by atoms with Gasteiger partial charge >= 0.3 is 0 Å². The van der Waals surface area contributed by atoms with Gasteiger partial charge in [0.25, 0.3) is 0 Å². The lowest BCUT2D eigenvalue weighted by Crippen LogP contribution is -2.15. The molecule has 0 aliphatic rings. The van der Waals surface area contributed by atoms with Crippen molar-refractivity contribution < 1.29 is 0 Å². The van der Waals surface area contributed by atoms with Gasteiger partial charge in [-0.15, -0.1) is 0 Å². The molecule has 0 aromatic heterocycles. The van der Waals surface area contributed by atoms with Crippen LogP contribution in [-0.2, 0) is 6.54 Å². The zero-order valence-corrected chi connectivity index (χ0v) is 12.6. The van der Waals surface area contributed by atoms with Crippen LogP contribution in [0.5, 0.6) is 0 Å². The van der Waals surface area contributed by atoms with Crippen molar-refractivity contribution in [2.45, 2.75) is 19.4 Å². The van der Waals surface area contributed by atoms with E-state index in [1.165, 1.54) is 18.6 Å². The van der Waals surface area contributed by atoms with Crippen molar-refractivity contribution >= 4 is 39.3 Å². The topological polar surface area (TPSA) is 12.0 Å². The third kappa shape index (κ3) is 5.58. The molecule has 0 unspecified atom stereocenters. The molecule has 4 heteroatoms. The van der Waals surface area contributed by atoms with E-state index < -0.39 is 0 Å². The van der Waals surface area contributed by atoms with Crippen LogP contribution in [0.3, 0.4) is 0 Å². The normalized spacial score (nSPS) is 10.7. The second kappa shape index (κ2) is 8.40. The Hall–Kier alpha value is 0.300. The third-order valence-corrected chi connectivity index (χ3v) is 3.83. The Labute approximate surface area is 115 Å². The van der Waals surface area contributed by atoms with Crippen LogP contribution in [0.1, 0.15) is 18.4 Å². The van der Waals surface area contributed by atoms with Crippen molar-refractivity contribution in [3.05, 3.63) is 33.3 Å². The van der Waals surface area contributed by atoms with Crippen molar-refractivity contribution in [3.63, 3.8) is 0 Å². The second-order valence-corrected chi connectivity index (χ2v) is 5.92. The summed E-state index contributed by atoms with van der Waals surface area (Å²) in [4.78, 5) is 0. The first-order valence-corrected chi connectivity index (χ1v) is 7.94. The summed E-state index contributed by atoms with van der Waals surface area (Å²) < 4.78 is 1.08. The summed E-state index contributed by atoms with van der Waals surface area (Å²) in [6.45, 7) is 1.90. The van der Waals surface area contributed by atoms with E-state index in [2.05, 4.69) is 33.6 Å². The van der Waals surface area contributed by atoms with Gasteiger partial charge in [-0.05, 0) is 55.2 Å². The summed E-state index contributed by atoms with van der Waals surface area (Å²) in [7, 11) is 0. The number of halogens is 2. The minimum Gasteiger partial charge on any atom is -0.313 e. The van der Waals surface area contributed by atoms with Crippen LogP contribution in [0.15, 0.2) is 22.7 Å². The lowest BCUT2D eigenvalue weighted by atomic mass is 10.2. The van der Waals surface area contributed by atoms with E-state index in [1.54, 1.807) is 0 Å². The molecule has 0 fully saturated rings. The van der Waals surface area contributed by atoms with Crippen LogP contribution < -0.4 is 5.32 Å². The minimum atomic E-state index is 0.833. The first-order chi connectivity index (χ1) is 7.74. The van der Waals surface area contributed by atoms with E-state index in [-0.39, 0.29) is 0 Å². The van der Waals surface area contributed by atoms with Crippen LogP contribution in [0.25, 0.3) is 0 Å². The van der Waals surface area contributed by atoms with Crippen molar-refractivity contribution in [2.24, 2.45) is 0 Å². The number of hydrogen-bond donors (Lipinski definition) is 1. The van der Waals surface area contributed by atoms with Crippen molar-refractivity contribution in [1.29, 1.82) is 0 Å². The number of thioether (sulfide) groups is 1. The van der Waals surface area contributed by atoms with Crippen LogP contribution >= 0.6 is 39.3 Å². The van der Waals surface area contributed by atoms with Crippen molar-refractivity contribution in [2.75, 3.05) is 18.6 Å². The average Bonchev–Trinajstić information content (AvgIpc) is 2.28. The summed E-state index contributed by atoms with van der Waals surface area (Å²) in [5.41, 5.74) is 1.15. The van der Waals surface area contributed by atoms with Gasteiger partial charge in [-0.2, -0.15) is 11.8 Å². The predicted octanol–water partition coefficient (Wildman–Crippen LogP) is 4.34. The van der Waals surface area contributed by atoms with E-state index in [4.69, 9.17) is 11.6 Å². The van der Waals surface area contributed by atoms with Gasteiger partial charge in [-0.25, -0.2) is 0 Å². The average molecular weight is 323 g/mol. The van der Waals surface area contributed by atoms with Gasteiger partial charge in [0.15, 0.2) is 0 Å². The van der Waals surface area contributed by atoms with Gasteiger partial charge in [-0.3, -0.25) is 0 Å². The first-order valence-electron chi connectivity index (χ1n) is 5.37. The SMILES string of the molecule is CSCCCCNCc1cc(Br)ccc1Cl. The molecule has 0 atom stereocenters. The van der Waals surface area contributed by atoms with Gasteiger partial charge in [-0.1, -0.05) is 27.5 Å². The number of rotatable bonds is 7. The summed E-state index contributed by atoms with van der Waals surface area (Å²) >= 11 is 11.5. The molecule has 0 bridgehead atoms. The molecule has 90 valence electrons. The quantitative estimate of drug-likeness (QED) is 0.750. The minimum absolute atomic E-state index is 0.833. The molecule has 0 aliphatic heterocycles. The molecule has 0 amide bonds. The highest BCUT2D eigenvalue weighted by Gasteiger charge is 2.00. The number of benzene rings is 1. The molecule has 0 saturated carbocycles. The largest absolute Gasteiger partial charge is 0.313 e. The lowest BCUT2D eigenvalue weighted by molar-refractivity contribution is 0.644. The van der Waals surface area contributed by atoms with Crippen molar-refractivity contribution in [1.82, 2.24) is 5.32 Å². The molecule has 1 rings (SSSR count). The molecular formula is C12H17BrClNS. The standard InChI is InChI=1S/C12H17BrClNS/c1-16-7-3-2-6-15-9-10-8-11(13)4-5-12(10)14/h4-5,8,15H,2-3,6-7,9H2,1H3. The van der Waals surface area contributed by atoms with Gasteiger partial charge in [0.2, 0.25) is 0 Å². The molecule has 1 nitrogen and oxygen atoms in total. The van der Waals surface area contributed by atoms with Gasteiger partial charge in [0, 0.05) is 16.0 Å². The maximum absolute atomic E-state index is 6.09. The second-order valence-electron chi connectivity index (χ2n) is 3.61. The van der Waals surface area contributed by atoms with Crippen LogP contribution in [0, 0.1) is 0 Å². The summed E-state index contributed by atoms with van der Waals surface area (Å²) in [5.74, 6) is 1.25. The molecule has 1 N–H and O–H groups in total. The van der Waals surface area contributed by atoms with Gasteiger partial charge < -0.3 is 5.32 Å². The highest BCUT2D eigenvalue weighted by molar-refractivity contribution is 9.10. The smallest absolute Gasteiger partial charge is 0.0451 e. The van der Waals surface area contributed by atoms with Crippen LogP contribution in [0.4, 0.5) is 0 Å². The Balaban J connectivity index is 2.23. The fraction of sp³-hybridized carbons (Fsp3) is 0.500. The van der Waals surface area contributed by atoms with E-state index in [9.17, 15) is 0 Å². The van der Waals surface area contributed by atoms with E-state index in [1.807, 2.05) is 23.9 Å². The number of hydrogen-bond acceptors (Lipinski definition) is 2. The highest BCUT2D eigenvalue weighted by atomic mass is 79.9. The van der Waals surface area contributed by atoms with Gasteiger partial charge in [0.05, 0.1) is 0 Å². The summed E-state index contributed by atoms with van der Waals surface area (Å²) in [5, 5.41) is 4.25.